The molecule has 0 unspecified atom stereocenters. The molecule has 0 heterocycles. The van der Waals surface area contributed by atoms with Crippen LogP contribution in [0.2, 0.25) is 0 Å². The molecule has 0 aliphatic rings. The van der Waals surface area contributed by atoms with E-state index in [2.05, 4.69) is 26.7 Å². The van der Waals surface area contributed by atoms with Crippen LogP contribution in [0.5, 0.6) is 0 Å². The van der Waals surface area contributed by atoms with Crippen molar-refractivity contribution in [1.82, 2.24) is 0 Å². The van der Waals surface area contributed by atoms with Gasteiger partial charge in [-0.15, -0.1) is 0 Å². The molecule has 1 aromatic carbocycles. The van der Waals surface area contributed by atoms with Gasteiger partial charge >= 0.3 is 5.97 Å². The van der Waals surface area contributed by atoms with Crippen LogP contribution in [-0.2, 0) is 16.0 Å². The summed E-state index contributed by atoms with van der Waals surface area (Å²) < 4.78 is 5.44. The van der Waals surface area contributed by atoms with Crippen LogP contribution in [0.3, 0.4) is 0 Å². The molecule has 0 aromatic heterocycles. The van der Waals surface area contributed by atoms with Gasteiger partial charge in [-0.3, -0.25) is 0 Å². The normalized spacial score (nSPS) is 10.7. The van der Waals surface area contributed by atoms with Gasteiger partial charge in [0.15, 0.2) is 0 Å². The fourth-order valence-electron chi connectivity index (χ4n) is 4.43. The Morgan fingerprint density at radius 2 is 1.26 bits per heavy atom. The molecule has 1 aromatic rings. The van der Waals surface area contributed by atoms with Crippen molar-refractivity contribution in [2.75, 3.05) is 6.61 Å². The van der Waals surface area contributed by atoms with E-state index in [4.69, 9.17) is 4.74 Å². The van der Waals surface area contributed by atoms with Crippen LogP contribution in [0.15, 0.2) is 43.5 Å². The minimum absolute atomic E-state index is 0.292. The minimum atomic E-state index is -0.292. The molecule has 0 bridgehead atoms. The highest BCUT2D eigenvalue weighted by atomic mass is 16.5. The highest BCUT2D eigenvalue weighted by Crippen LogP contribution is 2.21. The van der Waals surface area contributed by atoms with Gasteiger partial charge in [0.2, 0.25) is 0 Å². The Bertz CT molecular complexity index is 716. The molecule has 0 aliphatic carbocycles. The summed E-state index contributed by atoms with van der Waals surface area (Å²) in [7, 11) is 0. The van der Waals surface area contributed by atoms with Crippen molar-refractivity contribution in [3.05, 3.63) is 60.2 Å². The van der Waals surface area contributed by atoms with Gasteiger partial charge in [-0.05, 0) is 23.1 Å². The predicted molar refractivity (Wildman–Crippen MR) is 150 cm³/mol. The van der Waals surface area contributed by atoms with Crippen LogP contribution in [0.25, 0.3) is 12.2 Å². The van der Waals surface area contributed by atoms with Gasteiger partial charge in [0, 0.05) is 12.0 Å². The zero-order chi connectivity index (χ0) is 24.9. The first kappa shape index (κ1) is 29.9. The zero-order valence-electron chi connectivity index (χ0n) is 22.1. The van der Waals surface area contributed by atoms with Gasteiger partial charge in [0.1, 0.15) is 0 Å². The Morgan fingerprint density at radius 1 is 0.765 bits per heavy atom. The second kappa shape index (κ2) is 20.3. The number of rotatable bonds is 22. The molecule has 190 valence electrons. The molecule has 0 aliphatic heterocycles. The molecule has 0 spiro atoms. The molecule has 0 fully saturated rings. The van der Waals surface area contributed by atoms with Crippen molar-refractivity contribution in [1.29, 1.82) is 0 Å². The summed E-state index contributed by atoms with van der Waals surface area (Å²) in [4.78, 5) is 12.3. The Labute approximate surface area is 210 Å². The molecule has 0 N–H and O–H groups in total. The number of hydrogen-bond acceptors (Lipinski definition) is 2. The summed E-state index contributed by atoms with van der Waals surface area (Å²) in [6.45, 7) is 14.4. The number of benzene rings is 1. The Morgan fingerprint density at radius 3 is 1.74 bits per heavy atom. The third-order valence-corrected chi connectivity index (χ3v) is 6.58. The molecular weight excluding hydrogens is 416 g/mol. The Hall–Kier alpha value is -2.09. The van der Waals surface area contributed by atoms with Crippen LogP contribution in [0.4, 0.5) is 0 Å². The topological polar surface area (TPSA) is 26.3 Å². The van der Waals surface area contributed by atoms with E-state index in [1.807, 2.05) is 18.2 Å². The number of carbonyl (C=O) groups excluding carboxylic acids is 1. The Balaban J connectivity index is 1.99. The highest BCUT2D eigenvalue weighted by molar-refractivity contribution is 5.88. The van der Waals surface area contributed by atoms with Crippen molar-refractivity contribution in [3.8, 4) is 0 Å². The predicted octanol–water partition coefficient (Wildman–Crippen LogP) is 9.88. The molecule has 0 radical (unpaired) electrons. The summed E-state index contributed by atoms with van der Waals surface area (Å²) >= 11 is 0. The van der Waals surface area contributed by atoms with Crippen molar-refractivity contribution >= 4 is 18.1 Å². The summed E-state index contributed by atoms with van der Waals surface area (Å²) in [6.07, 6.45) is 25.5. The maximum atomic E-state index is 12.3. The van der Waals surface area contributed by atoms with Crippen molar-refractivity contribution < 1.29 is 9.53 Å². The minimum Gasteiger partial charge on any atom is -0.462 e. The lowest BCUT2D eigenvalue weighted by atomic mass is 9.96. The second-order valence-corrected chi connectivity index (χ2v) is 9.55. The molecule has 34 heavy (non-hydrogen) atoms. The van der Waals surface area contributed by atoms with E-state index in [-0.39, 0.29) is 5.97 Å². The summed E-state index contributed by atoms with van der Waals surface area (Å²) in [5.74, 6) is -0.292. The SMILES string of the molecule is C=Cc1cccc(CC(=C)C(=O)OCCCCCCCCCCCCCCCCCC)c1C=C. The van der Waals surface area contributed by atoms with Gasteiger partial charge in [-0.25, -0.2) is 4.79 Å². The summed E-state index contributed by atoms with van der Waals surface area (Å²) in [6, 6.07) is 5.96. The number of unbranched alkanes of at least 4 members (excludes halogenated alkanes) is 15. The lowest BCUT2D eigenvalue weighted by Gasteiger charge is -2.11. The van der Waals surface area contributed by atoms with Crippen LogP contribution < -0.4 is 0 Å². The zero-order valence-corrected chi connectivity index (χ0v) is 22.1. The van der Waals surface area contributed by atoms with Crippen LogP contribution in [-0.4, -0.2) is 12.6 Å². The van der Waals surface area contributed by atoms with E-state index in [0.717, 1.165) is 29.5 Å². The molecule has 0 amide bonds. The van der Waals surface area contributed by atoms with Gasteiger partial charge < -0.3 is 4.74 Å². The highest BCUT2D eigenvalue weighted by Gasteiger charge is 2.12. The smallest absolute Gasteiger partial charge is 0.333 e. The Kier molecular flexibility index (Phi) is 17.9. The van der Waals surface area contributed by atoms with E-state index >= 15 is 0 Å². The molecular formula is C32H50O2. The third kappa shape index (κ3) is 13.6. The fraction of sp³-hybridized carbons (Fsp3) is 0.594. The average Bonchev–Trinajstić information content (AvgIpc) is 2.85. The van der Waals surface area contributed by atoms with E-state index in [1.54, 1.807) is 12.2 Å². The van der Waals surface area contributed by atoms with Gasteiger partial charge in [0.05, 0.1) is 6.61 Å². The molecule has 1 rings (SSSR count). The van der Waals surface area contributed by atoms with Crippen LogP contribution >= 0.6 is 0 Å². The number of carbonyl (C=O) groups is 1. The maximum Gasteiger partial charge on any atom is 0.333 e. The lowest BCUT2D eigenvalue weighted by molar-refractivity contribution is -0.139. The molecule has 0 saturated heterocycles. The quantitative estimate of drug-likeness (QED) is 0.0965. The maximum absolute atomic E-state index is 12.3. The second-order valence-electron chi connectivity index (χ2n) is 9.55. The first-order valence-corrected chi connectivity index (χ1v) is 13.9. The van der Waals surface area contributed by atoms with Crippen molar-refractivity contribution in [3.63, 3.8) is 0 Å². The van der Waals surface area contributed by atoms with E-state index in [1.165, 1.54) is 89.9 Å². The van der Waals surface area contributed by atoms with Crippen molar-refractivity contribution in [2.45, 2.75) is 116 Å². The first-order valence-electron chi connectivity index (χ1n) is 13.9. The number of ether oxygens (including phenoxy) is 1. The number of hydrogen-bond donors (Lipinski definition) is 0. The summed E-state index contributed by atoms with van der Waals surface area (Å²) in [5.41, 5.74) is 3.53. The summed E-state index contributed by atoms with van der Waals surface area (Å²) in [5, 5.41) is 0. The third-order valence-electron chi connectivity index (χ3n) is 6.58. The van der Waals surface area contributed by atoms with Crippen LogP contribution in [0, 0.1) is 0 Å². The molecule has 2 heteroatoms. The molecule has 0 atom stereocenters. The van der Waals surface area contributed by atoms with E-state index in [9.17, 15) is 4.79 Å². The molecule has 2 nitrogen and oxygen atoms in total. The first-order chi connectivity index (χ1) is 16.6. The van der Waals surface area contributed by atoms with Gasteiger partial charge in [-0.2, -0.15) is 0 Å². The fourth-order valence-corrected chi connectivity index (χ4v) is 4.43. The monoisotopic (exact) mass is 466 g/mol. The van der Waals surface area contributed by atoms with Gasteiger partial charge in [-0.1, -0.05) is 153 Å². The van der Waals surface area contributed by atoms with Gasteiger partial charge in [0.25, 0.3) is 0 Å². The number of esters is 1. The lowest BCUT2D eigenvalue weighted by Crippen LogP contribution is -2.11. The van der Waals surface area contributed by atoms with E-state index in [0.29, 0.717) is 18.6 Å². The van der Waals surface area contributed by atoms with Crippen LogP contribution in [0.1, 0.15) is 126 Å². The van der Waals surface area contributed by atoms with E-state index < -0.39 is 0 Å². The molecule has 0 saturated carbocycles. The largest absolute Gasteiger partial charge is 0.462 e. The standard InChI is InChI=1S/C32H50O2/c1-5-8-9-10-11-12-13-14-15-16-17-18-19-20-21-22-26-34-32(33)28(4)27-30-25-23-24-29(6-2)31(30)7-3/h6-7,23-25H,2-5,8-22,26-27H2,1H3. The average molecular weight is 467 g/mol. The van der Waals surface area contributed by atoms with Crippen molar-refractivity contribution in [2.24, 2.45) is 0 Å².